The second-order valence-electron chi connectivity index (χ2n) is 6.52. The smallest absolute Gasteiger partial charge is 0.331 e. The van der Waals surface area contributed by atoms with Crippen LogP contribution in [0.15, 0.2) is 77.2 Å². The summed E-state index contributed by atoms with van der Waals surface area (Å²) < 4.78 is 19.8. The molecule has 0 unspecified atom stereocenters. The summed E-state index contributed by atoms with van der Waals surface area (Å²) in [5, 5.41) is 0. The van der Waals surface area contributed by atoms with Crippen molar-refractivity contribution in [2.75, 3.05) is 11.9 Å². The summed E-state index contributed by atoms with van der Waals surface area (Å²) in [6.07, 6.45) is 2.15. The first-order valence-electron chi connectivity index (χ1n) is 8.77. The van der Waals surface area contributed by atoms with E-state index in [4.69, 9.17) is 4.74 Å². The monoisotopic (exact) mass is 421 g/mol. The predicted molar refractivity (Wildman–Crippen MR) is 114 cm³/mol. The molecule has 2 nitrogen and oxygen atoms in total. The van der Waals surface area contributed by atoms with Crippen molar-refractivity contribution in [2.24, 2.45) is 0 Å². The third-order valence-corrected chi connectivity index (χ3v) is 5.47. The van der Waals surface area contributed by atoms with Crippen LogP contribution >= 0.6 is 15.9 Å². The molecular formula is C22H18BBrFNO. The van der Waals surface area contributed by atoms with Gasteiger partial charge in [0.25, 0.3) is 0 Å². The Hall–Kier alpha value is -2.53. The number of hydrogen-bond acceptors (Lipinski definition) is 2. The minimum Gasteiger partial charge on any atom is -0.497 e. The van der Waals surface area contributed by atoms with Gasteiger partial charge >= 0.3 is 6.85 Å². The highest BCUT2D eigenvalue weighted by Crippen LogP contribution is 2.34. The van der Waals surface area contributed by atoms with E-state index in [0.29, 0.717) is 0 Å². The Balaban J connectivity index is 1.76. The van der Waals surface area contributed by atoms with Gasteiger partial charge in [0, 0.05) is 12.2 Å². The molecule has 0 saturated carbocycles. The van der Waals surface area contributed by atoms with Crippen molar-refractivity contribution in [1.29, 1.82) is 0 Å². The number of anilines is 1. The first kappa shape index (κ1) is 17.9. The second kappa shape index (κ2) is 7.61. The SMILES string of the molecule is COc1ccc(CN2B(c3ccc(F)cc3)C(Br)=Cc3ccccc32)cc1. The van der Waals surface area contributed by atoms with Crippen LogP contribution in [0.4, 0.5) is 10.1 Å². The van der Waals surface area contributed by atoms with Crippen molar-refractivity contribution in [3.05, 3.63) is 94.1 Å². The van der Waals surface area contributed by atoms with Crippen LogP contribution in [0.2, 0.25) is 0 Å². The molecule has 3 aromatic carbocycles. The molecule has 0 amide bonds. The topological polar surface area (TPSA) is 12.5 Å². The highest BCUT2D eigenvalue weighted by molar-refractivity contribution is 9.12. The summed E-state index contributed by atoms with van der Waals surface area (Å²) in [7, 11) is 1.67. The van der Waals surface area contributed by atoms with E-state index in [0.717, 1.165) is 33.4 Å². The average molecular weight is 422 g/mol. The van der Waals surface area contributed by atoms with E-state index in [1.54, 1.807) is 7.11 Å². The normalized spacial score (nSPS) is 13.2. The maximum absolute atomic E-state index is 13.5. The molecule has 27 heavy (non-hydrogen) atoms. The van der Waals surface area contributed by atoms with Gasteiger partial charge < -0.3 is 9.55 Å². The molecule has 1 heterocycles. The minimum absolute atomic E-state index is 0.0115. The molecule has 1 aliphatic rings. The largest absolute Gasteiger partial charge is 0.497 e. The van der Waals surface area contributed by atoms with Gasteiger partial charge in [-0.1, -0.05) is 63.9 Å². The van der Waals surface area contributed by atoms with Crippen LogP contribution < -0.4 is 15.0 Å². The van der Waals surface area contributed by atoms with Gasteiger partial charge in [0.15, 0.2) is 0 Å². The molecule has 0 spiro atoms. The highest BCUT2D eigenvalue weighted by atomic mass is 79.9. The number of methoxy groups -OCH3 is 1. The van der Waals surface area contributed by atoms with Crippen molar-refractivity contribution in [2.45, 2.75) is 6.54 Å². The Morgan fingerprint density at radius 1 is 0.963 bits per heavy atom. The van der Waals surface area contributed by atoms with E-state index in [1.807, 2.05) is 30.3 Å². The summed E-state index contributed by atoms with van der Waals surface area (Å²) in [5.74, 6) is 0.616. The Morgan fingerprint density at radius 3 is 2.37 bits per heavy atom. The number of para-hydroxylation sites is 1. The molecule has 4 rings (SSSR count). The first-order chi connectivity index (χ1) is 13.2. The zero-order valence-electron chi connectivity index (χ0n) is 14.9. The molecule has 134 valence electrons. The molecule has 1 aliphatic heterocycles. The molecule has 0 atom stereocenters. The lowest BCUT2D eigenvalue weighted by Crippen LogP contribution is -2.50. The predicted octanol–water partition coefficient (Wildman–Crippen LogP) is 5.03. The van der Waals surface area contributed by atoms with Crippen LogP contribution in [0.5, 0.6) is 5.75 Å². The number of halogens is 2. The fourth-order valence-electron chi connectivity index (χ4n) is 3.47. The molecule has 0 N–H and O–H groups in total. The van der Waals surface area contributed by atoms with Gasteiger partial charge in [0.2, 0.25) is 0 Å². The van der Waals surface area contributed by atoms with Crippen molar-refractivity contribution in [3.63, 3.8) is 0 Å². The molecule has 0 saturated heterocycles. The van der Waals surface area contributed by atoms with Gasteiger partial charge in [0.1, 0.15) is 11.6 Å². The number of ether oxygens (including phenoxy) is 1. The number of rotatable bonds is 4. The number of fused-ring (bicyclic) bond motifs is 1. The summed E-state index contributed by atoms with van der Waals surface area (Å²) in [6.45, 7) is 0.717. The molecule has 3 aromatic rings. The van der Waals surface area contributed by atoms with E-state index < -0.39 is 0 Å². The third kappa shape index (κ3) is 3.65. The Kier molecular flexibility index (Phi) is 5.04. The van der Waals surface area contributed by atoms with E-state index in [2.05, 4.69) is 57.1 Å². The van der Waals surface area contributed by atoms with Gasteiger partial charge in [-0.05, 0) is 51.9 Å². The van der Waals surface area contributed by atoms with Crippen LogP contribution in [0.3, 0.4) is 0 Å². The summed E-state index contributed by atoms with van der Waals surface area (Å²) in [6, 6.07) is 23.2. The molecule has 0 fully saturated rings. The fraction of sp³-hybridized carbons (Fsp3) is 0.0909. The first-order valence-corrected chi connectivity index (χ1v) is 9.56. The van der Waals surface area contributed by atoms with Crippen molar-refractivity contribution >= 4 is 40.0 Å². The van der Waals surface area contributed by atoms with Gasteiger partial charge in [-0.2, -0.15) is 0 Å². The van der Waals surface area contributed by atoms with E-state index in [1.165, 1.54) is 17.7 Å². The molecule has 0 radical (unpaired) electrons. The Labute approximate surface area is 167 Å². The van der Waals surface area contributed by atoms with Crippen LogP contribution in [-0.2, 0) is 6.54 Å². The average Bonchev–Trinajstić information content (AvgIpc) is 2.69. The van der Waals surface area contributed by atoms with Gasteiger partial charge in [0.05, 0.1) is 7.11 Å². The van der Waals surface area contributed by atoms with Crippen molar-refractivity contribution in [3.8, 4) is 5.75 Å². The molecule has 5 heteroatoms. The summed E-state index contributed by atoms with van der Waals surface area (Å²) >= 11 is 3.76. The standard InChI is InChI=1S/C22H18BBrFNO/c1-27-20-12-6-16(7-13-20)15-26-21-5-3-2-4-17(21)14-22(24)23(26)18-8-10-19(25)11-9-18/h2-14H,15H2,1H3. The third-order valence-electron chi connectivity index (χ3n) is 4.81. The maximum Gasteiger partial charge on any atom is 0.331 e. The number of nitrogens with zero attached hydrogens (tertiary/aromatic N) is 1. The van der Waals surface area contributed by atoms with Crippen LogP contribution in [0.25, 0.3) is 6.08 Å². The molecular weight excluding hydrogens is 404 g/mol. The zero-order valence-corrected chi connectivity index (χ0v) is 16.5. The maximum atomic E-state index is 13.5. The number of benzene rings is 3. The Bertz CT molecular complexity index is 972. The number of hydrogen-bond donors (Lipinski definition) is 0. The molecule has 0 aromatic heterocycles. The summed E-state index contributed by atoms with van der Waals surface area (Å²) in [5.41, 5.74) is 4.55. The minimum atomic E-state index is -0.225. The van der Waals surface area contributed by atoms with Crippen LogP contribution in [-0.4, -0.2) is 14.0 Å². The lowest BCUT2D eigenvalue weighted by atomic mass is 9.52. The molecule has 0 aliphatic carbocycles. The van der Waals surface area contributed by atoms with Crippen LogP contribution in [0, 0.1) is 5.82 Å². The lowest BCUT2D eigenvalue weighted by molar-refractivity contribution is 0.414. The summed E-state index contributed by atoms with van der Waals surface area (Å²) in [4.78, 5) is 2.34. The quantitative estimate of drug-likeness (QED) is 0.548. The van der Waals surface area contributed by atoms with Crippen LogP contribution in [0.1, 0.15) is 11.1 Å². The fourth-order valence-corrected chi connectivity index (χ4v) is 4.23. The lowest BCUT2D eigenvalue weighted by Gasteiger charge is -2.36. The van der Waals surface area contributed by atoms with Crippen molar-refractivity contribution in [1.82, 2.24) is 0 Å². The Morgan fingerprint density at radius 2 is 1.67 bits per heavy atom. The second-order valence-corrected chi connectivity index (χ2v) is 7.43. The van der Waals surface area contributed by atoms with Crippen molar-refractivity contribution < 1.29 is 9.13 Å². The van der Waals surface area contributed by atoms with Gasteiger partial charge in [-0.15, -0.1) is 0 Å². The van der Waals surface area contributed by atoms with Gasteiger partial charge in [-0.25, -0.2) is 4.39 Å². The zero-order chi connectivity index (χ0) is 18.8. The van der Waals surface area contributed by atoms with E-state index in [9.17, 15) is 4.39 Å². The van der Waals surface area contributed by atoms with E-state index >= 15 is 0 Å². The highest BCUT2D eigenvalue weighted by Gasteiger charge is 2.33. The van der Waals surface area contributed by atoms with E-state index in [-0.39, 0.29) is 12.7 Å². The van der Waals surface area contributed by atoms with Gasteiger partial charge in [-0.3, -0.25) is 0 Å². The molecule has 0 bridgehead atoms.